The van der Waals surface area contributed by atoms with Gasteiger partial charge in [-0.3, -0.25) is 4.90 Å². The zero-order valence-electron chi connectivity index (χ0n) is 18.0. The maximum Gasteiger partial charge on any atom is 0.414 e. The second-order valence-electron chi connectivity index (χ2n) is 7.51. The molecule has 1 saturated heterocycles. The van der Waals surface area contributed by atoms with Crippen LogP contribution in [0.1, 0.15) is 22.8 Å². The largest absolute Gasteiger partial charge is 0.473 e. The molecule has 1 heterocycles. The zero-order valence-corrected chi connectivity index (χ0v) is 18.8. The number of rotatable bonds is 5. The second-order valence-corrected chi connectivity index (χ2v) is 9.42. The van der Waals surface area contributed by atoms with Gasteiger partial charge in [0.2, 0.25) is 10.0 Å². The summed E-state index contributed by atoms with van der Waals surface area (Å²) in [7, 11) is -3.47. The van der Waals surface area contributed by atoms with Crippen LogP contribution in [0, 0.1) is 13.8 Å². The smallest absolute Gasteiger partial charge is 0.414 e. The van der Waals surface area contributed by atoms with Gasteiger partial charge >= 0.3 is 11.9 Å². The first kappa shape index (κ1) is 25.5. The van der Waals surface area contributed by atoms with E-state index in [1.54, 1.807) is 10.4 Å². The van der Waals surface area contributed by atoms with Crippen LogP contribution in [0.5, 0.6) is 0 Å². The van der Waals surface area contributed by atoms with E-state index in [9.17, 15) is 13.5 Å². The molecular weight excluding hydrogens is 436 g/mol. The van der Waals surface area contributed by atoms with Crippen LogP contribution in [0.15, 0.2) is 53.4 Å². The quantitative estimate of drug-likeness (QED) is 0.567. The maximum atomic E-state index is 12.9. The molecule has 32 heavy (non-hydrogen) atoms. The summed E-state index contributed by atoms with van der Waals surface area (Å²) in [6, 6.07) is 15.0. The van der Waals surface area contributed by atoms with Gasteiger partial charge in [0.15, 0.2) is 0 Å². The van der Waals surface area contributed by atoms with Crippen LogP contribution in [-0.4, -0.2) is 77.6 Å². The van der Waals surface area contributed by atoms with Crippen LogP contribution in [0.25, 0.3) is 0 Å². The standard InChI is InChI=1S/C20H26N2O3S.C2H2O4/c1-16-8-9-20(17(2)14-16)26(24,25)22-12-10-21(11-13-22)15-19(23)18-6-4-3-5-7-18;3-1(4)2(5)6/h3-9,14,19,23H,10-13,15H2,1-2H3;(H,3,4)(H,5,6). The first-order valence-electron chi connectivity index (χ1n) is 10.0. The van der Waals surface area contributed by atoms with Gasteiger partial charge in [0.1, 0.15) is 0 Å². The third-order valence-corrected chi connectivity index (χ3v) is 7.14. The molecule has 1 unspecified atom stereocenters. The van der Waals surface area contributed by atoms with E-state index in [2.05, 4.69) is 4.90 Å². The average Bonchev–Trinajstić information content (AvgIpc) is 2.75. The summed E-state index contributed by atoms with van der Waals surface area (Å²) < 4.78 is 27.4. The molecule has 3 rings (SSSR count). The van der Waals surface area contributed by atoms with Crippen molar-refractivity contribution < 1.29 is 33.3 Å². The third-order valence-electron chi connectivity index (χ3n) is 5.08. The number of nitrogens with zero attached hydrogens (tertiary/aromatic N) is 2. The van der Waals surface area contributed by atoms with E-state index in [1.165, 1.54) is 0 Å². The second kappa shape index (κ2) is 11.2. The topological polar surface area (TPSA) is 135 Å². The molecule has 2 aromatic carbocycles. The van der Waals surface area contributed by atoms with Crippen molar-refractivity contribution in [3.05, 3.63) is 65.2 Å². The van der Waals surface area contributed by atoms with Crippen LogP contribution < -0.4 is 0 Å². The van der Waals surface area contributed by atoms with Crippen molar-refractivity contribution >= 4 is 22.0 Å². The Morgan fingerprint density at radius 2 is 1.50 bits per heavy atom. The molecule has 0 amide bonds. The van der Waals surface area contributed by atoms with Crippen molar-refractivity contribution in [1.29, 1.82) is 0 Å². The summed E-state index contributed by atoms with van der Waals surface area (Å²) >= 11 is 0. The van der Waals surface area contributed by atoms with Crippen molar-refractivity contribution in [2.24, 2.45) is 0 Å². The number of aliphatic hydroxyl groups excluding tert-OH is 1. The number of β-amino-alcohol motifs (C(OH)–C–C–N with tert-alkyl or cyclic N) is 1. The van der Waals surface area contributed by atoms with Crippen molar-refractivity contribution in [3.63, 3.8) is 0 Å². The number of aryl methyl sites for hydroxylation is 2. The first-order valence-corrected chi connectivity index (χ1v) is 11.5. The normalized spacial score (nSPS) is 16.0. The number of piperazine rings is 1. The first-order chi connectivity index (χ1) is 15.0. The Hall–Kier alpha value is -2.79. The number of carbonyl (C=O) groups is 2. The molecule has 0 spiro atoms. The number of sulfonamides is 1. The fourth-order valence-corrected chi connectivity index (χ4v) is 5.03. The molecule has 0 radical (unpaired) electrons. The van der Waals surface area contributed by atoms with Gasteiger partial charge in [0.05, 0.1) is 11.0 Å². The van der Waals surface area contributed by atoms with E-state index in [-0.39, 0.29) is 0 Å². The highest BCUT2D eigenvalue weighted by molar-refractivity contribution is 7.89. The lowest BCUT2D eigenvalue weighted by Gasteiger charge is -2.35. The number of benzene rings is 2. The van der Waals surface area contributed by atoms with Crippen molar-refractivity contribution in [2.45, 2.75) is 24.8 Å². The van der Waals surface area contributed by atoms with Gasteiger partial charge in [-0.2, -0.15) is 4.31 Å². The minimum absolute atomic E-state index is 0.390. The Kier molecular flexibility index (Phi) is 8.90. The van der Waals surface area contributed by atoms with Crippen LogP contribution in [-0.2, 0) is 19.6 Å². The van der Waals surface area contributed by atoms with Gasteiger partial charge in [0.25, 0.3) is 0 Å². The summed E-state index contributed by atoms with van der Waals surface area (Å²) in [5.41, 5.74) is 2.73. The molecule has 10 heteroatoms. The molecule has 2 aromatic rings. The minimum atomic E-state index is -3.47. The number of carboxylic acid groups (broad SMARTS) is 2. The van der Waals surface area contributed by atoms with Gasteiger partial charge < -0.3 is 15.3 Å². The number of hydrogen-bond acceptors (Lipinski definition) is 6. The molecule has 1 fully saturated rings. The highest BCUT2D eigenvalue weighted by Gasteiger charge is 2.30. The lowest BCUT2D eigenvalue weighted by Crippen LogP contribution is -2.49. The van der Waals surface area contributed by atoms with E-state index < -0.39 is 28.1 Å². The summed E-state index contributed by atoms with van der Waals surface area (Å²) in [5.74, 6) is -3.65. The Morgan fingerprint density at radius 3 is 2.00 bits per heavy atom. The molecule has 0 saturated carbocycles. The van der Waals surface area contributed by atoms with Gasteiger partial charge in [0, 0.05) is 32.7 Å². The van der Waals surface area contributed by atoms with Gasteiger partial charge in [-0.25, -0.2) is 18.0 Å². The van der Waals surface area contributed by atoms with E-state index >= 15 is 0 Å². The Labute approximate surface area is 187 Å². The summed E-state index contributed by atoms with van der Waals surface area (Å²) in [5, 5.41) is 25.1. The molecule has 0 bridgehead atoms. The summed E-state index contributed by atoms with van der Waals surface area (Å²) in [6.45, 7) is 6.43. The van der Waals surface area contributed by atoms with Gasteiger partial charge in [-0.1, -0.05) is 48.0 Å². The molecule has 3 N–H and O–H groups in total. The molecule has 0 aliphatic carbocycles. The predicted octanol–water partition coefficient (Wildman–Crippen LogP) is 1.50. The highest BCUT2D eigenvalue weighted by atomic mass is 32.2. The predicted molar refractivity (Wildman–Crippen MR) is 118 cm³/mol. The fourth-order valence-electron chi connectivity index (χ4n) is 3.41. The number of aliphatic carboxylic acids is 2. The van der Waals surface area contributed by atoms with Crippen LogP contribution in [0.2, 0.25) is 0 Å². The van der Waals surface area contributed by atoms with Crippen LogP contribution in [0.4, 0.5) is 0 Å². The fraction of sp³-hybridized carbons (Fsp3) is 0.364. The maximum absolute atomic E-state index is 12.9. The lowest BCUT2D eigenvalue weighted by molar-refractivity contribution is -0.159. The van der Waals surface area contributed by atoms with Crippen LogP contribution >= 0.6 is 0 Å². The monoisotopic (exact) mass is 464 g/mol. The van der Waals surface area contributed by atoms with E-state index in [1.807, 2.05) is 56.3 Å². The molecule has 0 aromatic heterocycles. The van der Waals surface area contributed by atoms with Crippen molar-refractivity contribution in [3.8, 4) is 0 Å². The van der Waals surface area contributed by atoms with Crippen LogP contribution in [0.3, 0.4) is 0 Å². The number of hydrogen-bond donors (Lipinski definition) is 3. The van der Waals surface area contributed by atoms with Crippen molar-refractivity contribution in [1.82, 2.24) is 9.21 Å². The summed E-state index contributed by atoms with van der Waals surface area (Å²) in [4.78, 5) is 20.7. The van der Waals surface area contributed by atoms with Gasteiger partial charge in [-0.05, 0) is 31.0 Å². The minimum Gasteiger partial charge on any atom is -0.473 e. The Bertz CT molecular complexity index is 1020. The molecular formula is C22H28N2O7S. The average molecular weight is 465 g/mol. The number of carboxylic acids is 2. The molecule has 1 aliphatic heterocycles. The van der Waals surface area contributed by atoms with Crippen molar-refractivity contribution in [2.75, 3.05) is 32.7 Å². The zero-order chi connectivity index (χ0) is 23.9. The highest BCUT2D eigenvalue weighted by Crippen LogP contribution is 2.23. The molecule has 1 aliphatic rings. The third kappa shape index (κ3) is 6.86. The van der Waals surface area contributed by atoms with E-state index in [0.29, 0.717) is 37.6 Å². The SMILES string of the molecule is Cc1ccc(S(=O)(=O)N2CCN(CC(O)c3ccccc3)CC2)c(C)c1.O=C(O)C(=O)O. The summed E-state index contributed by atoms with van der Waals surface area (Å²) in [6.07, 6.45) is -0.557. The number of aliphatic hydroxyl groups is 1. The lowest BCUT2D eigenvalue weighted by atomic mass is 10.1. The van der Waals surface area contributed by atoms with Gasteiger partial charge in [-0.15, -0.1) is 0 Å². The Balaban J connectivity index is 0.000000534. The Morgan fingerprint density at radius 1 is 0.938 bits per heavy atom. The molecule has 1 atom stereocenters. The van der Waals surface area contributed by atoms with E-state index in [4.69, 9.17) is 19.8 Å². The van der Waals surface area contributed by atoms with E-state index in [0.717, 1.165) is 16.7 Å². The molecule has 9 nitrogen and oxygen atoms in total. The molecule has 174 valence electrons.